The standard InChI is InChI=1S/C3H5F.C3H7N/c2*1-2-3-4/h2-3H,1H3;2-3H,4H2,1H3/b2*3-2+. The molecule has 0 heterocycles. The Morgan fingerprint density at radius 3 is 1.50 bits per heavy atom. The largest absolute Gasteiger partial charge is 0.405 e. The predicted molar refractivity (Wildman–Crippen MR) is 34.9 cm³/mol. The third-order valence-corrected chi connectivity index (χ3v) is 0.318. The summed E-state index contributed by atoms with van der Waals surface area (Å²) in [5, 5.41) is 0. The lowest BCUT2D eigenvalue weighted by molar-refractivity contribution is 0.719. The Kier molecular flexibility index (Phi) is 20.9. The zero-order valence-corrected chi connectivity index (χ0v) is 5.26. The Bertz CT molecular complexity index is 48.9. The topological polar surface area (TPSA) is 26.0 Å². The van der Waals surface area contributed by atoms with Gasteiger partial charge in [0.2, 0.25) is 0 Å². The molecule has 0 aromatic rings. The van der Waals surface area contributed by atoms with Crippen LogP contribution in [0.3, 0.4) is 0 Å². The SMILES string of the molecule is C/C=C/F.C/C=C/N. The summed E-state index contributed by atoms with van der Waals surface area (Å²) in [7, 11) is 0. The van der Waals surface area contributed by atoms with Gasteiger partial charge in [-0.05, 0) is 20.0 Å². The molecular formula is C6H12FN. The van der Waals surface area contributed by atoms with Crippen molar-refractivity contribution in [1.82, 2.24) is 0 Å². The summed E-state index contributed by atoms with van der Waals surface area (Å²) in [6.45, 7) is 3.50. The Morgan fingerprint density at radius 2 is 1.50 bits per heavy atom. The molecule has 2 heteroatoms. The van der Waals surface area contributed by atoms with Gasteiger partial charge in [-0.2, -0.15) is 0 Å². The van der Waals surface area contributed by atoms with E-state index in [1.54, 1.807) is 13.0 Å². The molecule has 0 fully saturated rings. The summed E-state index contributed by atoms with van der Waals surface area (Å²) in [6, 6.07) is 0. The molecule has 0 saturated carbocycles. The van der Waals surface area contributed by atoms with Crippen molar-refractivity contribution in [2.24, 2.45) is 5.73 Å². The summed E-state index contributed by atoms with van der Waals surface area (Å²) in [6.07, 6.45) is 5.11. The van der Waals surface area contributed by atoms with E-state index >= 15 is 0 Å². The van der Waals surface area contributed by atoms with E-state index in [4.69, 9.17) is 5.73 Å². The van der Waals surface area contributed by atoms with Gasteiger partial charge in [-0.15, -0.1) is 0 Å². The molecule has 1 nitrogen and oxygen atoms in total. The van der Waals surface area contributed by atoms with Crippen LogP contribution in [0.5, 0.6) is 0 Å². The molecule has 0 unspecified atom stereocenters. The molecule has 0 radical (unpaired) electrons. The van der Waals surface area contributed by atoms with Gasteiger partial charge in [0.15, 0.2) is 0 Å². The molecule has 0 rings (SSSR count). The Morgan fingerprint density at radius 1 is 1.25 bits per heavy atom. The molecule has 0 spiro atoms. The lowest BCUT2D eigenvalue weighted by Crippen LogP contribution is -1.70. The maximum atomic E-state index is 10.5. The van der Waals surface area contributed by atoms with Crippen molar-refractivity contribution < 1.29 is 4.39 Å². The van der Waals surface area contributed by atoms with E-state index < -0.39 is 0 Å². The summed E-state index contributed by atoms with van der Waals surface area (Å²) < 4.78 is 10.5. The van der Waals surface area contributed by atoms with Gasteiger partial charge in [-0.1, -0.05) is 12.2 Å². The maximum absolute atomic E-state index is 10.5. The average molecular weight is 117 g/mol. The molecule has 0 aromatic carbocycles. The van der Waals surface area contributed by atoms with Gasteiger partial charge in [0.05, 0.1) is 6.33 Å². The third-order valence-electron chi connectivity index (χ3n) is 0.318. The van der Waals surface area contributed by atoms with Crippen molar-refractivity contribution in [3.05, 3.63) is 24.7 Å². The van der Waals surface area contributed by atoms with Crippen LogP contribution in [-0.2, 0) is 0 Å². The molecule has 0 aliphatic carbocycles. The van der Waals surface area contributed by atoms with Crippen LogP contribution in [0.15, 0.2) is 24.7 Å². The predicted octanol–water partition coefficient (Wildman–Crippen LogP) is 1.97. The zero-order valence-electron chi connectivity index (χ0n) is 5.26. The minimum atomic E-state index is 0.500. The van der Waals surface area contributed by atoms with Crippen molar-refractivity contribution in [1.29, 1.82) is 0 Å². The zero-order chi connectivity index (χ0) is 6.83. The van der Waals surface area contributed by atoms with Crippen LogP contribution >= 0.6 is 0 Å². The number of hydrogen-bond acceptors (Lipinski definition) is 1. The minimum Gasteiger partial charge on any atom is -0.405 e. The first kappa shape index (κ1) is 10.2. The normalized spacial score (nSPS) is 9.38. The fourth-order valence-electron chi connectivity index (χ4n) is 0. The second-order valence-corrected chi connectivity index (χ2v) is 0.985. The van der Waals surface area contributed by atoms with E-state index in [2.05, 4.69) is 0 Å². The van der Waals surface area contributed by atoms with Crippen LogP contribution in [-0.4, -0.2) is 0 Å². The van der Waals surface area contributed by atoms with Crippen molar-refractivity contribution in [2.75, 3.05) is 0 Å². The van der Waals surface area contributed by atoms with Gasteiger partial charge in [-0.25, -0.2) is 4.39 Å². The van der Waals surface area contributed by atoms with Crippen molar-refractivity contribution in [2.45, 2.75) is 13.8 Å². The molecule has 0 aromatic heterocycles. The molecule has 0 saturated heterocycles. The first-order valence-corrected chi connectivity index (χ1v) is 2.37. The first-order chi connectivity index (χ1) is 3.83. The highest BCUT2D eigenvalue weighted by molar-refractivity contribution is 4.66. The Balaban J connectivity index is 0. The fraction of sp³-hybridized carbons (Fsp3) is 0.333. The van der Waals surface area contributed by atoms with E-state index in [9.17, 15) is 4.39 Å². The van der Waals surface area contributed by atoms with Crippen molar-refractivity contribution in [3.8, 4) is 0 Å². The second kappa shape index (κ2) is 16.4. The summed E-state index contributed by atoms with van der Waals surface area (Å²) in [5.41, 5.74) is 4.85. The van der Waals surface area contributed by atoms with Crippen LogP contribution in [0.1, 0.15) is 13.8 Å². The lowest BCUT2D eigenvalue weighted by atomic mass is 10.7. The van der Waals surface area contributed by atoms with Crippen molar-refractivity contribution in [3.63, 3.8) is 0 Å². The number of halogens is 1. The molecule has 0 bridgehead atoms. The highest BCUT2D eigenvalue weighted by atomic mass is 19.1. The van der Waals surface area contributed by atoms with Crippen LogP contribution < -0.4 is 5.73 Å². The summed E-state index contributed by atoms with van der Waals surface area (Å²) in [5.74, 6) is 0. The fourth-order valence-corrected chi connectivity index (χ4v) is 0. The Hall–Kier alpha value is -0.790. The maximum Gasteiger partial charge on any atom is 0.0824 e. The first-order valence-electron chi connectivity index (χ1n) is 2.37. The number of allylic oxidation sites excluding steroid dienone is 2. The monoisotopic (exact) mass is 117 g/mol. The van der Waals surface area contributed by atoms with Crippen LogP contribution in [0.25, 0.3) is 0 Å². The summed E-state index contributed by atoms with van der Waals surface area (Å²) in [4.78, 5) is 0. The van der Waals surface area contributed by atoms with E-state index in [1.165, 1.54) is 12.3 Å². The van der Waals surface area contributed by atoms with E-state index in [0.717, 1.165) is 0 Å². The molecule has 0 aliphatic heterocycles. The van der Waals surface area contributed by atoms with Gasteiger partial charge < -0.3 is 5.73 Å². The molecule has 8 heavy (non-hydrogen) atoms. The van der Waals surface area contributed by atoms with Gasteiger partial charge in [-0.3, -0.25) is 0 Å². The highest BCUT2D eigenvalue weighted by Gasteiger charge is 1.38. The lowest BCUT2D eigenvalue weighted by Gasteiger charge is -1.53. The second-order valence-electron chi connectivity index (χ2n) is 0.985. The van der Waals surface area contributed by atoms with Gasteiger partial charge in [0, 0.05) is 0 Å². The molecule has 48 valence electrons. The van der Waals surface area contributed by atoms with Crippen LogP contribution in [0.4, 0.5) is 4.39 Å². The van der Waals surface area contributed by atoms with Crippen LogP contribution in [0, 0.1) is 0 Å². The Labute approximate surface area is 49.7 Å². The van der Waals surface area contributed by atoms with Gasteiger partial charge in [0.1, 0.15) is 0 Å². The third kappa shape index (κ3) is 63.1. The highest BCUT2D eigenvalue weighted by Crippen LogP contribution is 1.62. The van der Waals surface area contributed by atoms with Crippen molar-refractivity contribution >= 4 is 0 Å². The van der Waals surface area contributed by atoms with E-state index in [0.29, 0.717) is 6.33 Å². The molecule has 2 N–H and O–H groups in total. The van der Waals surface area contributed by atoms with Crippen LogP contribution in [0.2, 0.25) is 0 Å². The van der Waals surface area contributed by atoms with E-state index in [-0.39, 0.29) is 0 Å². The molecule has 0 atom stereocenters. The molecule has 0 amide bonds. The van der Waals surface area contributed by atoms with Gasteiger partial charge >= 0.3 is 0 Å². The number of hydrogen-bond donors (Lipinski definition) is 1. The van der Waals surface area contributed by atoms with Gasteiger partial charge in [0.25, 0.3) is 0 Å². The molecule has 0 aliphatic rings. The molecular weight excluding hydrogens is 105 g/mol. The minimum absolute atomic E-state index is 0.500. The number of nitrogens with two attached hydrogens (primary N) is 1. The number of rotatable bonds is 0. The average Bonchev–Trinajstić information content (AvgIpc) is 1.88. The van der Waals surface area contributed by atoms with E-state index in [1.807, 2.05) is 6.92 Å². The quantitative estimate of drug-likeness (QED) is 0.515. The smallest absolute Gasteiger partial charge is 0.0824 e. The summed E-state index contributed by atoms with van der Waals surface area (Å²) >= 11 is 0.